The number of nitro groups is 1. The lowest BCUT2D eigenvalue weighted by Crippen LogP contribution is -2.49. The van der Waals surface area contributed by atoms with Crippen LogP contribution in [0.25, 0.3) is 0 Å². The van der Waals surface area contributed by atoms with Gasteiger partial charge < -0.3 is 10.2 Å². The molecule has 2 rings (SSSR count). The second kappa shape index (κ2) is 7.56. The molecule has 0 spiro atoms. The number of benzene rings is 1. The predicted octanol–water partition coefficient (Wildman–Crippen LogP) is 1.04. The van der Waals surface area contributed by atoms with Crippen LogP contribution in [0, 0.1) is 21.4 Å². The number of nitriles is 1. The Balaban J connectivity index is 1.86. The van der Waals surface area contributed by atoms with Gasteiger partial charge in [0, 0.05) is 52.3 Å². The molecule has 1 N–H and O–H groups in total. The summed E-state index contributed by atoms with van der Waals surface area (Å²) in [6.07, 6.45) is 0. The van der Waals surface area contributed by atoms with Gasteiger partial charge in [-0.15, -0.1) is 0 Å². The number of hydrogen-bond donors (Lipinski definition) is 1. The third kappa shape index (κ3) is 4.40. The highest BCUT2D eigenvalue weighted by molar-refractivity contribution is 5.73. The number of nitrogens with one attached hydrogen (secondary N) is 1. The van der Waals surface area contributed by atoms with Gasteiger partial charge in [0.15, 0.2) is 0 Å². The maximum absolute atomic E-state index is 11.3. The van der Waals surface area contributed by atoms with Crippen LogP contribution in [0.1, 0.15) is 12.5 Å². The van der Waals surface area contributed by atoms with Gasteiger partial charge in [-0.25, -0.2) is 0 Å². The summed E-state index contributed by atoms with van der Waals surface area (Å²) in [4.78, 5) is 25.9. The van der Waals surface area contributed by atoms with Crippen molar-refractivity contribution >= 4 is 17.3 Å². The van der Waals surface area contributed by atoms with Crippen LogP contribution in [0.4, 0.5) is 11.4 Å². The smallest absolute Gasteiger partial charge is 0.293 e. The summed E-state index contributed by atoms with van der Waals surface area (Å²) in [7, 11) is 0. The average molecular weight is 317 g/mol. The quantitative estimate of drug-likeness (QED) is 0.643. The molecule has 1 saturated heterocycles. The number of rotatable bonds is 5. The normalized spacial score (nSPS) is 15.0. The summed E-state index contributed by atoms with van der Waals surface area (Å²) in [5, 5.41) is 22.9. The lowest BCUT2D eigenvalue weighted by molar-refractivity contribution is -0.384. The van der Waals surface area contributed by atoms with Crippen LogP contribution in [0.2, 0.25) is 0 Å². The molecule has 1 aromatic rings. The molecule has 1 heterocycles. The fraction of sp³-hybridized carbons (Fsp3) is 0.467. The van der Waals surface area contributed by atoms with Gasteiger partial charge in [-0.05, 0) is 12.1 Å². The molecule has 0 unspecified atom stereocenters. The summed E-state index contributed by atoms with van der Waals surface area (Å²) < 4.78 is 0. The predicted molar refractivity (Wildman–Crippen MR) is 85.0 cm³/mol. The van der Waals surface area contributed by atoms with E-state index >= 15 is 0 Å². The first-order valence-electron chi connectivity index (χ1n) is 7.41. The summed E-state index contributed by atoms with van der Waals surface area (Å²) in [6.45, 7) is 5.91. The minimum Gasteiger partial charge on any atom is -0.378 e. The molecular formula is C15H19N5O3. The largest absolute Gasteiger partial charge is 0.378 e. The molecule has 0 atom stereocenters. The topological polar surface area (TPSA) is 103 Å². The molecule has 0 saturated carbocycles. The molecule has 1 fully saturated rings. The number of carbonyl (C=O) groups is 1. The van der Waals surface area contributed by atoms with Crippen molar-refractivity contribution in [2.75, 3.05) is 44.6 Å². The Hall–Kier alpha value is -2.66. The zero-order chi connectivity index (χ0) is 16.8. The third-order valence-corrected chi connectivity index (χ3v) is 3.88. The number of anilines is 1. The van der Waals surface area contributed by atoms with Crippen molar-refractivity contribution in [3.05, 3.63) is 33.9 Å². The van der Waals surface area contributed by atoms with E-state index in [4.69, 9.17) is 5.26 Å². The van der Waals surface area contributed by atoms with Gasteiger partial charge in [0.05, 0.1) is 16.6 Å². The van der Waals surface area contributed by atoms with Crippen molar-refractivity contribution < 1.29 is 9.72 Å². The van der Waals surface area contributed by atoms with Gasteiger partial charge >= 0.3 is 0 Å². The van der Waals surface area contributed by atoms with E-state index in [-0.39, 0.29) is 17.2 Å². The summed E-state index contributed by atoms with van der Waals surface area (Å²) in [6, 6.07) is 6.29. The highest BCUT2D eigenvalue weighted by Gasteiger charge is 2.19. The van der Waals surface area contributed by atoms with E-state index in [1.54, 1.807) is 19.1 Å². The van der Waals surface area contributed by atoms with Gasteiger partial charge in [-0.1, -0.05) is 0 Å². The van der Waals surface area contributed by atoms with Gasteiger partial charge in [-0.3, -0.25) is 19.8 Å². The van der Waals surface area contributed by atoms with E-state index in [0.29, 0.717) is 25.3 Å². The van der Waals surface area contributed by atoms with E-state index in [1.807, 2.05) is 11.0 Å². The standard InChI is InChI=1S/C15H19N5O3/c1-12(21)19-8-6-18(7-9-19)5-4-17-14-3-2-13(11-16)10-15(14)20(22)23/h2-3,10,17H,4-9H2,1H3. The Morgan fingerprint density at radius 1 is 1.39 bits per heavy atom. The number of nitrogens with zero attached hydrogens (tertiary/aromatic N) is 4. The van der Waals surface area contributed by atoms with Crippen molar-refractivity contribution in [3.63, 3.8) is 0 Å². The first-order valence-corrected chi connectivity index (χ1v) is 7.41. The van der Waals surface area contributed by atoms with Crippen LogP contribution in [0.5, 0.6) is 0 Å². The molecule has 0 radical (unpaired) electrons. The van der Waals surface area contributed by atoms with Crippen molar-refractivity contribution in [3.8, 4) is 6.07 Å². The SMILES string of the molecule is CC(=O)N1CCN(CCNc2ccc(C#N)cc2[N+](=O)[O-])CC1. The minimum absolute atomic E-state index is 0.0922. The fourth-order valence-electron chi connectivity index (χ4n) is 2.54. The fourth-order valence-corrected chi connectivity index (χ4v) is 2.54. The zero-order valence-electron chi connectivity index (χ0n) is 13.0. The van der Waals surface area contributed by atoms with E-state index in [0.717, 1.165) is 19.6 Å². The van der Waals surface area contributed by atoms with Crippen molar-refractivity contribution in [1.29, 1.82) is 5.26 Å². The van der Waals surface area contributed by atoms with E-state index in [2.05, 4.69) is 10.2 Å². The summed E-state index contributed by atoms with van der Waals surface area (Å²) >= 11 is 0. The Labute approximate surface area is 134 Å². The molecule has 0 aromatic heterocycles. The first kappa shape index (κ1) is 16.7. The van der Waals surface area contributed by atoms with Gasteiger partial charge in [-0.2, -0.15) is 5.26 Å². The Kier molecular flexibility index (Phi) is 5.49. The van der Waals surface area contributed by atoms with Crippen molar-refractivity contribution in [1.82, 2.24) is 9.80 Å². The molecule has 8 nitrogen and oxygen atoms in total. The molecule has 1 aliphatic rings. The Bertz CT molecular complexity index is 632. The Morgan fingerprint density at radius 2 is 2.09 bits per heavy atom. The van der Waals surface area contributed by atoms with Crippen LogP contribution in [-0.4, -0.2) is 59.9 Å². The maximum atomic E-state index is 11.3. The molecule has 1 aliphatic heterocycles. The average Bonchev–Trinajstić information content (AvgIpc) is 2.55. The first-order chi connectivity index (χ1) is 11.0. The van der Waals surface area contributed by atoms with Crippen LogP contribution in [0.15, 0.2) is 18.2 Å². The second-order valence-electron chi connectivity index (χ2n) is 5.38. The number of piperazine rings is 1. The maximum Gasteiger partial charge on any atom is 0.293 e. The zero-order valence-corrected chi connectivity index (χ0v) is 13.0. The van der Waals surface area contributed by atoms with Crippen molar-refractivity contribution in [2.24, 2.45) is 0 Å². The lowest BCUT2D eigenvalue weighted by atomic mass is 10.2. The molecule has 122 valence electrons. The lowest BCUT2D eigenvalue weighted by Gasteiger charge is -2.34. The van der Waals surface area contributed by atoms with Gasteiger partial charge in [0.25, 0.3) is 5.69 Å². The van der Waals surface area contributed by atoms with Gasteiger partial charge in [0.1, 0.15) is 5.69 Å². The molecule has 8 heteroatoms. The summed E-state index contributed by atoms with van der Waals surface area (Å²) in [5.74, 6) is 0.0935. The van der Waals surface area contributed by atoms with Crippen LogP contribution < -0.4 is 5.32 Å². The molecule has 0 bridgehead atoms. The van der Waals surface area contributed by atoms with E-state index in [1.165, 1.54) is 6.07 Å². The number of amides is 1. The molecule has 23 heavy (non-hydrogen) atoms. The summed E-state index contributed by atoms with van der Waals surface area (Å²) in [5.41, 5.74) is 0.587. The van der Waals surface area contributed by atoms with Crippen molar-refractivity contribution in [2.45, 2.75) is 6.92 Å². The third-order valence-electron chi connectivity index (χ3n) is 3.88. The Morgan fingerprint density at radius 3 is 2.65 bits per heavy atom. The highest BCUT2D eigenvalue weighted by Crippen LogP contribution is 2.25. The van der Waals surface area contributed by atoms with E-state index < -0.39 is 4.92 Å². The van der Waals surface area contributed by atoms with Gasteiger partial charge in [0.2, 0.25) is 5.91 Å². The molecule has 1 aromatic carbocycles. The number of nitro benzene ring substituents is 1. The van der Waals surface area contributed by atoms with E-state index in [9.17, 15) is 14.9 Å². The second-order valence-corrected chi connectivity index (χ2v) is 5.38. The molecule has 0 aliphatic carbocycles. The molecule has 1 amide bonds. The monoisotopic (exact) mass is 317 g/mol. The van der Waals surface area contributed by atoms with Crippen LogP contribution >= 0.6 is 0 Å². The van der Waals surface area contributed by atoms with Crippen LogP contribution in [-0.2, 0) is 4.79 Å². The number of hydrogen-bond acceptors (Lipinski definition) is 6. The molecular weight excluding hydrogens is 298 g/mol. The number of carbonyl (C=O) groups excluding carboxylic acids is 1. The van der Waals surface area contributed by atoms with Crippen LogP contribution in [0.3, 0.4) is 0 Å². The minimum atomic E-state index is -0.491. The highest BCUT2D eigenvalue weighted by atomic mass is 16.6.